The van der Waals surface area contributed by atoms with Crippen molar-refractivity contribution in [3.05, 3.63) is 70.3 Å². The highest BCUT2D eigenvalue weighted by atomic mass is 79.9. The maximum absolute atomic E-state index is 15.9. The number of esters is 1. The van der Waals surface area contributed by atoms with Crippen LogP contribution in [0.15, 0.2) is 53.3 Å². The molecular formula is C24H21BrFN3O3. The molecule has 1 fully saturated rings. The van der Waals surface area contributed by atoms with Crippen molar-refractivity contribution in [2.24, 2.45) is 5.92 Å². The number of rotatable bonds is 4. The number of halogens is 2. The van der Waals surface area contributed by atoms with Gasteiger partial charge in [0.05, 0.1) is 29.7 Å². The van der Waals surface area contributed by atoms with E-state index in [-0.39, 0.29) is 17.7 Å². The second-order valence-electron chi connectivity index (χ2n) is 7.87. The van der Waals surface area contributed by atoms with Crippen LogP contribution in [0.5, 0.6) is 0 Å². The molecule has 0 amide bonds. The number of hydrogen-bond acceptors (Lipinski definition) is 5. The van der Waals surface area contributed by atoms with Crippen LogP contribution in [-0.2, 0) is 9.47 Å². The molecule has 1 aliphatic rings. The van der Waals surface area contributed by atoms with Gasteiger partial charge in [-0.05, 0) is 46.3 Å². The minimum absolute atomic E-state index is 0.168. The summed E-state index contributed by atoms with van der Waals surface area (Å²) in [6.07, 6.45) is 4.89. The second kappa shape index (κ2) is 8.60. The Morgan fingerprint density at radius 3 is 2.69 bits per heavy atom. The molecule has 0 spiro atoms. The molecule has 6 nitrogen and oxygen atoms in total. The van der Waals surface area contributed by atoms with Crippen molar-refractivity contribution in [3.63, 3.8) is 0 Å². The molecule has 0 unspecified atom stereocenters. The predicted octanol–water partition coefficient (Wildman–Crippen LogP) is 5.29. The third-order valence-electron chi connectivity index (χ3n) is 6.09. The molecular weight excluding hydrogens is 477 g/mol. The Labute approximate surface area is 192 Å². The molecule has 1 aromatic carbocycles. The molecule has 5 rings (SSSR count). The normalized spacial score (nSPS) is 15.8. The Balaban J connectivity index is 1.88. The van der Waals surface area contributed by atoms with Gasteiger partial charge in [-0.3, -0.25) is 4.98 Å². The number of hydrogen-bond donors (Lipinski definition) is 0. The molecule has 32 heavy (non-hydrogen) atoms. The molecule has 1 atom stereocenters. The number of benzene rings is 1. The lowest BCUT2D eigenvalue weighted by Crippen LogP contribution is -2.27. The Morgan fingerprint density at radius 2 is 1.97 bits per heavy atom. The van der Waals surface area contributed by atoms with Crippen molar-refractivity contribution in [2.45, 2.75) is 18.9 Å². The van der Waals surface area contributed by atoms with Crippen LogP contribution in [-0.4, -0.2) is 40.8 Å². The summed E-state index contributed by atoms with van der Waals surface area (Å²) in [6.45, 7) is 1.31. The molecule has 0 bridgehead atoms. The van der Waals surface area contributed by atoms with Crippen molar-refractivity contribution < 1.29 is 18.7 Å². The van der Waals surface area contributed by atoms with E-state index in [2.05, 4.69) is 38.0 Å². The summed E-state index contributed by atoms with van der Waals surface area (Å²) >= 11 is 3.51. The summed E-state index contributed by atoms with van der Waals surface area (Å²) in [6, 6.07) is 11.8. The summed E-state index contributed by atoms with van der Waals surface area (Å²) < 4.78 is 29.1. The quantitative estimate of drug-likeness (QED) is 0.358. The SMILES string of the molecule is COC(=O)c1ncc2c3ncc(Br)cc3n([C@H](c3ccccc3)C3CCOCC3)c2c1F. The summed E-state index contributed by atoms with van der Waals surface area (Å²) in [5.74, 6) is -1.28. The van der Waals surface area contributed by atoms with Crippen LogP contribution in [0.1, 0.15) is 34.9 Å². The topological polar surface area (TPSA) is 66.2 Å². The average Bonchev–Trinajstić information content (AvgIpc) is 3.14. The van der Waals surface area contributed by atoms with Gasteiger partial charge in [-0.25, -0.2) is 14.2 Å². The number of carbonyl (C=O) groups excluding carboxylic acids is 1. The summed E-state index contributed by atoms with van der Waals surface area (Å²) in [5, 5.41) is 0.561. The zero-order chi connectivity index (χ0) is 22.2. The Hall–Kier alpha value is -2.84. The molecule has 0 radical (unpaired) electrons. The number of methoxy groups -OCH3 is 1. The van der Waals surface area contributed by atoms with E-state index >= 15 is 4.39 Å². The highest BCUT2D eigenvalue weighted by Gasteiger charge is 2.32. The van der Waals surface area contributed by atoms with E-state index in [9.17, 15) is 4.79 Å². The summed E-state index contributed by atoms with van der Waals surface area (Å²) in [5.41, 5.74) is 2.45. The van der Waals surface area contributed by atoms with Crippen LogP contribution in [0.25, 0.3) is 21.9 Å². The lowest BCUT2D eigenvalue weighted by molar-refractivity contribution is 0.0552. The summed E-state index contributed by atoms with van der Waals surface area (Å²) in [7, 11) is 1.22. The third-order valence-corrected chi connectivity index (χ3v) is 6.53. The highest BCUT2D eigenvalue weighted by molar-refractivity contribution is 9.10. The maximum Gasteiger partial charge on any atom is 0.359 e. The van der Waals surface area contributed by atoms with Crippen LogP contribution in [0, 0.1) is 11.7 Å². The van der Waals surface area contributed by atoms with Crippen LogP contribution in [0.2, 0.25) is 0 Å². The first-order valence-electron chi connectivity index (χ1n) is 10.4. The zero-order valence-corrected chi connectivity index (χ0v) is 19.0. The van der Waals surface area contributed by atoms with Gasteiger partial charge in [-0.15, -0.1) is 0 Å². The maximum atomic E-state index is 15.9. The van der Waals surface area contributed by atoms with E-state index in [0.717, 1.165) is 28.4 Å². The van der Waals surface area contributed by atoms with Gasteiger partial charge in [0.25, 0.3) is 0 Å². The van der Waals surface area contributed by atoms with Gasteiger partial charge in [0.1, 0.15) is 0 Å². The molecule has 0 N–H and O–H groups in total. The monoisotopic (exact) mass is 497 g/mol. The van der Waals surface area contributed by atoms with Crippen LogP contribution < -0.4 is 0 Å². The van der Waals surface area contributed by atoms with E-state index in [4.69, 9.17) is 9.47 Å². The molecule has 8 heteroatoms. The number of pyridine rings is 2. The average molecular weight is 498 g/mol. The van der Waals surface area contributed by atoms with E-state index in [1.54, 1.807) is 6.20 Å². The smallest absolute Gasteiger partial charge is 0.359 e. The molecule has 4 aromatic rings. The molecule has 0 aliphatic carbocycles. The lowest BCUT2D eigenvalue weighted by Gasteiger charge is -2.33. The fourth-order valence-electron chi connectivity index (χ4n) is 4.67. The van der Waals surface area contributed by atoms with Crippen molar-refractivity contribution in [1.29, 1.82) is 0 Å². The standard InChI is InChI=1S/C24H21BrFN3O3/c1-31-24(30)21-19(26)23-17(13-28-21)20-18(11-16(25)12-27-20)29(23)22(14-5-3-2-4-6-14)15-7-9-32-10-8-15/h2-6,11-13,15,22H,7-10H2,1H3/t22-/m1/s1. The predicted molar refractivity (Wildman–Crippen MR) is 122 cm³/mol. The van der Waals surface area contributed by atoms with Gasteiger partial charge in [0.2, 0.25) is 0 Å². The fraction of sp³-hybridized carbons (Fsp3) is 0.292. The molecule has 1 saturated heterocycles. The van der Waals surface area contributed by atoms with Crippen molar-refractivity contribution in [3.8, 4) is 0 Å². The molecule has 0 saturated carbocycles. The van der Waals surface area contributed by atoms with Gasteiger partial charge in [0.15, 0.2) is 11.5 Å². The van der Waals surface area contributed by atoms with Crippen LogP contribution in [0.3, 0.4) is 0 Å². The minimum Gasteiger partial charge on any atom is -0.464 e. The molecule has 1 aliphatic heterocycles. The van der Waals surface area contributed by atoms with Crippen molar-refractivity contribution in [1.82, 2.24) is 14.5 Å². The fourth-order valence-corrected chi connectivity index (χ4v) is 4.99. The van der Waals surface area contributed by atoms with Gasteiger partial charge < -0.3 is 14.0 Å². The first kappa shape index (κ1) is 21.0. The summed E-state index contributed by atoms with van der Waals surface area (Å²) in [4.78, 5) is 20.9. The van der Waals surface area contributed by atoms with E-state index in [1.807, 2.05) is 28.8 Å². The van der Waals surface area contributed by atoms with Crippen molar-refractivity contribution in [2.75, 3.05) is 20.3 Å². The number of aromatic nitrogens is 3. The largest absolute Gasteiger partial charge is 0.464 e. The van der Waals surface area contributed by atoms with E-state index < -0.39 is 11.8 Å². The van der Waals surface area contributed by atoms with Crippen LogP contribution >= 0.6 is 15.9 Å². The number of nitrogens with zero attached hydrogens (tertiary/aromatic N) is 3. The van der Waals surface area contributed by atoms with E-state index in [0.29, 0.717) is 29.6 Å². The highest BCUT2D eigenvalue weighted by Crippen LogP contribution is 2.41. The number of ether oxygens (including phenoxy) is 2. The Morgan fingerprint density at radius 1 is 1.22 bits per heavy atom. The number of fused-ring (bicyclic) bond motifs is 3. The number of carbonyl (C=O) groups is 1. The zero-order valence-electron chi connectivity index (χ0n) is 17.4. The first-order valence-corrected chi connectivity index (χ1v) is 11.2. The Bertz CT molecular complexity index is 1300. The van der Waals surface area contributed by atoms with Gasteiger partial charge >= 0.3 is 5.97 Å². The Kier molecular flexibility index (Phi) is 5.65. The van der Waals surface area contributed by atoms with Crippen LogP contribution in [0.4, 0.5) is 4.39 Å². The van der Waals surface area contributed by atoms with Gasteiger partial charge in [-0.1, -0.05) is 30.3 Å². The molecule has 4 heterocycles. The third kappa shape index (κ3) is 3.47. The molecule has 164 valence electrons. The first-order chi connectivity index (χ1) is 15.6. The minimum atomic E-state index is -0.808. The lowest BCUT2D eigenvalue weighted by atomic mass is 9.86. The second-order valence-corrected chi connectivity index (χ2v) is 8.79. The van der Waals surface area contributed by atoms with Gasteiger partial charge in [-0.2, -0.15) is 0 Å². The molecule has 3 aromatic heterocycles. The van der Waals surface area contributed by atoms with E-state index in [1.165, 1.54) is 13.3 Å². The van der Waals surface area contributed by atoms with Crippen molar-refractivity contribution >= 4 is 43.8 Å². The van der Waals surface area contributed by atoms with Gasteiger partial charge in [0, 0.05) is 35.5 Å².